The van der Waals surface area contributed by atoms with Crippen LogP contribution in [-0.4, -0.2) is 11.8 Å². The maximum absolute atomic E-state index is 13.5. The molecule has 7 heteroatoms. The second kappa shape index (κ2) is 7.70. The monoisotopic (exact) mass is 350 g/mol. The molecule has 2 aromatic rings. The molecule has 0 fully saturated rings. The maximum atomic E-state index is 13.5. The summed E-state index contributed by atoms with van der Waals surface area (Å²) in [6, 6.07) is 7.96. The summed E-state index contributed by atoms with van der Waals surface area (Å²) in [4.78, 5) is 22.9. The molecule has 0 aliphatic carbocycles. The quantitative estimate of drug-likeness (QED) is 0.811. The van der Waals surface area contributed by atoms with Gasteiger partial charge in [-0.15, -0.1) is 0 Å². The number of halogens is 3. The highest BCUT2D eigenvalue weighted by Crippen LogP contribution is 2.25. The number of carbonyl (C=O) groups is 2. The van der Waals surface area contributed by atoms with Crippen LogP contribution < -0.4 is 10.6 Å². The number of hydrogen-bond acceptors (Lipinski definition) is 2. The van der Waals surface area contributed by atoms with Crippen molar-refractivity contribution in [2.45, 2.75) is 6.92 Å². The van der Waals surface area contributed by atoms with E-state index in [9.17, 15) is 18.4 Å². The van der Waals surface area contributed by atoms with Crippen molar-refractivity contribution >= 4 is 40.9 Å². The highest BCUT2D eigenvalue weighted by molar-refractivity contribution is 6.34. The van der Waals surface area contributed by atoms with Gasteiger partial charge in [-0.1, -0.05) is 17.7 Å². The molecule has 0 spiro atoms. The van der Waals surface area contributed by atoms with Gasteiger partial charge in [0, 0.05) is 24.3 Å². The van der Waals surface area contributed by atoms with Gasteiger partial charge >= 0.3 is 0 Å². The van der Waals surface area contributed by atoms with E-state index in [1.54, 1.807) is 6.07 Å². The highest BCUT2D eigenvalue weighted by Gasteiger charge is 2.08. The molecule has 24 heavy (non-hydrogen) atoms. The Morgan fingerprint density at radius 2 is 1.75 bits per heavy atom. The van der Waals surface area contributed by atoms with Gasteiger partial charge in [0.2, 0.25) is 11.8 Å². The molecule has 0 saturated carbocycles. The van der Waals surface area contributed by atoms with Crippen LogP contribution in [0.3, 0.4) is 0 Å². The molecule has 2 amide bonds. The smallest absolute Gasteiger partial charge is 0.248 e. The lowest BCUT2D eigenvalue weighted by Gasteiger charge is -2.08. The van der Waals surface area contributed by atoms with Crippen LogP contribution in [0.1, 0.15) is 12.5 Å². The van der Waals surface area contributed by atoms with E-state index >= 15 is 0 Å². The van der Waals surface area contributed by atoms with E-state index < -0.39 is 17.5 Å². The van der Waals surface area contributed by atoms with Gasteiger partial charge in [0.15, 0.2) is 0 Å². The summed E-state index contributed by atoms with van der Waals surface area (Å²) in [5, 5.41) is 5.28. The summed E-state index contributed by atoms with van der Waals surface area (Å²) >= 11 is 5.97. The Bertz CT molecular complexity index is 802. The fourth-order valence-electron chi connectivity index (χ4n) is 1.91. The van der Waals surface area contributed by atoms with E-state index in [-0.39, 0.29) is 22.2 Å². The molecule has 2 N–H and O–H groups in total. The van der Waals surface area contributed by atoms with Crippen molar-refractivity contribution in [2.75, 3.05) is 10.6 Å². The van der Waals surface area contributed by atoms with Crippen molar-refractivity contribution in [1.29, 1.82) is 0 Å². The first kappa shape index (κ1) is 17.6. The Morgan fingerprint density at radius 1 is 1.08 bits per heavy atom. The standard InChI is InChI=1S/C17H13ClF2N2O2/c1-10(23)21-11-5-7-13(18)16(9-11)22-17(24)8-6-12-14(19)3-2-4-15(12)20/h2-9H,1H3,(H,21,23)(H,22,24). The molecule has 124 valence electrons. The zero-order chi connectivity index (χ0) is 17.7. The average Bonchev–Trinajstić information content (AvgIpc) is 2.49. The van der Waals surface area contributed by atoms with Gasteiger partial charge in [0.1, 0.15) is 11.6 Å². The maximum Gasteiger partial charge on any atom is 0.248 e. The molecule has 2 rings (SSSR count). The molecule has 0 atom stereocenters. The Kier molecular flexibility index (Phi) is 5.65. The molecule has 4 nitrogen and oxygen atoms in total. The summed E-state index contributed by atoms with van der Waals surface area (Å²) in [7, 11) is 0. The average molecular weight is 351 g/mol. The first-order valence-electron chi connectivity index (χ1n) is 6.87. The second-order valence-corrected chi connectivity index (χ2v) is 5.24. The van der Waals surface area contributed by atoms with Crippen LogP contribution in [0.4, 0.5) is 20.2 Å². The van der Waals surface area contributed by atoms with E-state index in [1.165, 1.54) is 25.1 Å². The van der Waals surface area contributed by atoms with E-state index in [2.05, 4.69) is 10.6 Å². The topological polar surface area (TPSA) is 58.2 Å². The van der Waals surface area contributed by atoms with E-state index in [4.69, 9.17) is 11.6 Å². The summed E-state index contributed by atoms with van der Waals surface area (Å²) in [5.74, 6) is -2.45. The Morgan fingerprint density at radius 3 is 2.38 bits per heavy atom. The van der Waals surface area contributed by atoms with Crippen LogP contribution in [0.25, 0.3) is 6.08 Å². The third-order valence-electron chi connectivity index (χ3n) is 2.95. The van der Waals surface area contributed by atoms with Crippen LogP contribution in [0, 0.1) is 11.6 Å². The summed E-state index contributed by atoms with van der Waals surface area (Å²) in [6.45, 7) is 1.35. The predicted molar refractivity (Wildman–Crippen MR) is 89.8 cm³/mol. The van der Waals surface area contributed by atoms with Crippen LogP contribution in [-0.2, 0) is 9.59 Å². The highest BCUT2D eigenvalue weighted by atomic mass is 35.5. The van der Waals surface area contributed by atoms with E-state index in [0.717, 1.165) is 24.3 Å². The Balaban J connectivity index is 2.15. The normalized spacial score (nSPS) is 10.7. The van der Waals surface area contributed by atoms with Gasteiger partial charge in [0.25, 0.3) is 0 Å². The number of benzene rings is 2. The molecule has 0 saturated heterocycles. The van der Waals surface area contributed by atoms with Crippen molar-refractivity contribution in [3.05, 3.63) is 64.7 Å². The fraction of sp³-hybridized carbons (Fsp3) is 0.0588. The minimum Gasteiger partial charge on any atom is -0.326 e. The lowest BCUT2D eigenvalue weighted by atomic mass is 10.2. The Labute approximate surface area is 142 Å². The lowest BCUT2D eigenvalue weighted by molar-refractivity contribution is -0.114. The molecular formula is C17H13ClF2N2O2. The third-order valence-corrected chi connectivity index (χ3v) is 3.28. The second-order valence-electron chi connectivity index (χ2n) is 4.83. The number of nitrogens with one attached hydrogen (secondary N) is 2. The van der Waals surface area contributed by atoms with E-state index in [0.29, 0.717) is 5.69 Å². The van der Waals surface area contributed by atoms with Gasteiger partial charge in [-0.2, -0.15) is 0 Å². The van der Waals surface area contributed by atoms with Crippen molar-refractivity contribution in [1.82, 2.24) is 0 Å². The number of anilines is 2. The minimum absolute atomic E-state index is 0.253. The molecule has 2 aromatic carbocycles. The van der Waals surface area contributed by atoms with Crippen molar-refractivity contribution in [3.63, 3.8) is 0 Å². The summed E-state index contributed by atoms with van der Waals surface area (Å²) in [6.07, 6.45) is 2.02. The largest absolute Gasteiger partial charge is 0.326 e. The van der Waals surface area contributed by atoms with Gasteiger partial charge in [-0.25, -0.2) is 8.78 Å². The van der Waals surface area contributed by atoms with Crippen LogP contribution in [0.15, 0.2) is 42.5 Å². The summed E-state index contributed by atoms with van der Waals surface area (Å²) < 4.78 is 27.0. The van der Waals surface area contributed by atoms with Crippen molar-refractivity contribution in [3.8, 4) is 0 Å². The molecule has 0 unspecified atom stereocenters. The minimum atomic E-state index is -0.773. The van der Waals surface area contributed by atoms with Crippen LogP contribution in [0.2, 0.25) is 5.02 Å². The van der Waals surface area contributed by atoms with Gasteiger partial charge in [0.05, 0.1) is 10.7 Å². The predicted octanol–water partition coefficient (Wildman–Crippen LogP) is 4.23. The zero-order valence-electron chi connectivity index (χ0n) is 12.6. The zero-order valence-corrected chi connectivity index (χ0v) is 13.3. The summed E-state index contributed by atoms with van der Waals surface area (Å²) in [5.41, 5.74) is 0.392. The first-order valence-corrected chi connectivity index (χ1v) is 7.25. The van der Waals surface area contributed by atoms with Crippen molar-refractivity contribution < 1.29 is 18.4 Å². The fourth-order valence-corrected chi connectivity index (χ4v) is 2.07. The number of carbonyl (C=O) groups excluding carboxylic acids is 2. The number of rotatable bonds is 4. The molecular weight excluding hydrogens is 338 g/mol. The van der Waals surface area contributed by atoms with Gasteiger partial charge in [-0.05, 0) is 36.4 Å². The Hall–Kier alpha value is -2.73. The SMILES string of the molecule is CC(=O)Nc1ccc(Cl)c(NC(=O)C=Cc2c(F)cccc2F)c1. The number of hydrogen-bond donors (Lipinski definition) is 2. The number of amides is 2. The van der Waals surface area contributed by atoms with Crippen LogP contribution in [0.5, 0.6) is 0 Å². The van der Waals surface area contributed by atoms with Crippen LogP contribution >= 0.6 is 11.6 Å². The molecule has 0 bridgehead atoms. The molecule has 0 aliphatic heterocycles. The first-order chi connectivity index (χ1) is 11.4. The third kappa shape index (κ3) is 4.63. The molecule has 0 radical (unpaired) electrons. The lowest BCUT2D eigenvalue weighted by Crippen LogP contribution is -2.10. The van der Waals surface area contributed by atoms with Crippen molar-refractivity contribution in [2.24, 2.45) is 0 Å². The molecule has 0 aliphatic rings. The molecule has 0 heterocycles. The van der Waals surface area contributed by atoms with E-state index in [1.807, 2.05) is 0 Å². The molecule has 0 aromatic heterocycles. The van der Waals surface area contributed by atoms with Gasteiger partial charge < -0.3 is 10.6 Å². The van der Waals surface area contributed by atoms with Gasteiger partial charge in [-0.3, -0.25) is 9.59 Å².